The molecule has 5 heteroatoms. The summed E-state index contributed by atoms with van der Waals surface area (Å²) < 4.78 is 12.1. The van der Waals surface area contributed by atoms with E-state index in [0.717, 1.165) is 22.6 Å². The van der Waals surface area contributed by atoms with Crippen LogP contribution in [0.2, 0.25) is 0 Å². The molecule has 2 bridgehead atoms. The highest BCUT2D eigenvalue weighted by atomic mass is 16.5. The summed E-state index contributed by atoms with van der Waals surface area (Å²) in [5.41, 5.74) is 1.35. The van der Waals surface area contributed by atoms with E-state index in [1.54, 1.807) is 4.90 Å². The minimum Gasteiger partial charge on any atom is -0.490 e. The first kappa shape index (κ1) is 15.8. The fraction of sp³-hybridized carbons (Fsp3) is 0.350. The summed E-state index contributed by atoms with van der Waals surface area (Å²) in [4.78, 5) is 14.5. The molecule has 5 nitrogen and oxygen atoms in total. The molecule has 2 atom stereocenters. The number of amides is 2. The number of fused-ring (bicyclic) bond motifs is 4. The number of urea groups is 1. The number of ether oxygens (including phenoxy) is 2. The molecule has 2 heterocycles. The average Bonchev–Trinajstić information content (AvgIpc) is 2.60. The predicted octanol–water partition coefficient (Wildman–Crippen LogP) is 3.85. The van der Waals surface area contributed by atoms with Crippen molar-refractivity contribution in [3.63, 3.8) is 0 Å². The Morgan fingerprint density at radius 2 is 2.04 bits per heavy atom. The summed E-state index contributed by atoms with van der Waals surface area (Å²) in [5, 5.41) is 3.12. The van der Waals surface area contributed by atoms with Crippen LogP contribution in [0.25, 0.3) is 0 Å². The third kappa shape index (κ3) is 2.69. The third-order valence-corrected chi connectivity index (χ3v) is 4.89. The minimum atomic E-state index is -0.705. The number of rotatable bonds is 4. The quantitative estimate of drug-likeness (QED) is 0.921. The van der Waals surface area contributed by atoms with Gasteiger partial charge >= 0.3 is 6.03 Å². The van der Waals surface area contributed by atoms with Crippen molar-refractivity contribution in [1.29, 1.82) is 0 Å². The van der Waals surface area contributed by atoms with Crippen LogP contribution in [-0.4, -0.2) is 23.3 Å². The van der Waals surface area contributed by atoms with Gasteiger partial charge < -0.3 is 14.8 Å². The molecule has 4 rings (SSSR count). The normalized spacial score (nSPS) is 24.2. The molecule has 0 aromatic heterocycles. The third-order valence-electron chi connectivity index (χ3n) is 4.89. The number of nitrogens with one attached hydrogen (secondary N) is 1. The number of para-hydroxylation sites is 1. The molecule has 0 aliphatic carbocycles. The highest BCUT2D eigenvalue weighted by Crippen LogP contribution is 2.48. The van der Waals surface area contributed by atoms with Crippen molar-refractivity contribution >= 4 is 6.03 Å². The molecule has 0 radical (unpaired) electrons. The van der Waals surface area contributed by atoms with Crippen LogP contribution in [0.1, 0.15) is 37.4 Å². The van der Waals surface area contributed by atoms with Crippen molar-refractivity contribution in [3.8, 4) is 11.5 Å². The van der Waals surface area contributed by atoms with Gasteiger partial charge in [0.15, 0.2) is 17.2 Å². The van der Waals surface area contributed by atoms with Gasteiger partial charge in [-0.05, 0) is 25.5 Å². The van der Waals surface area contributed by atoms with Gasteiger partial charge in [-0.3, -0.25) is 4.90 Å². The predicted molar refractivity (Wildman–Crippen MR) is 94.5 cm³/mol. The van der Waals surface area contributed by atoms with E-state index in [9.17, 15) is 4.79 Å². The van der Waals surface area contributed by atoms with E-state index >= 15 is 0 Å². The zero-order valence-corrected chi connectivity index (χ0v) is 14.5. The Hall–Kier alpha value is -2.69. The lowest BCUT2D eigenvalue weighted by atomic mass is 9.90. The minimum absolute atomic E-state index is 0.0614. The molecule has 0 saturated carbocycles. The zero-order valence-electron chi connectivity index (χ0n) is 14.5. The molecule has 2 aromatic carbocycles. The molecular formula is C20H22N2O3. The molecule has 1 N–H and O–H groups in total. The average molecular weight is 338 g/mol. The van der Waals surface area contributed by atoms with Gasteiger partial charge in [0.25, 0.3) is 0 Å². The maximum atomic E-state index is 12.7. The molecule has 130 valence electrons. The number of nitrogens with zero attached hydrogens (tertiary/aromatic N) is 1. The van der Waals surface area contributed by atoms with Gasteiger partial charge in [0.2, 0.25) is 0 Å². The van der Waals surface area contributed by atoms with Gasteiger partial charge in [0.05, 0.1) is 19.2 Å². The summed E-state index contributed by atoms with van der Waals surface area (Å²) >= 11 is 0. The van der Waals surface area contributed by atoms with Gasteiger partial charge in [0, 0.05) is 12.0 Å². The van der Waals surface area contributed by atoms with Crippen LogP contribution in [0.15, 0.2) is 48.5 Å². The van der Waals surface area contributed by atoms with E-state index < -0.39 is 5.72 Å². The number of carbonyl (C=O) groups is 1. The molecular weight excluding hydrogens is 316 g/mol. The fourth-order valence-electron chi connectivity index (χ4n) is 3.68. The highest BCUT2D eigenvalue weighted by molar-refractivity contribution is 5.77. The van der Waals surface area contributed by atoms with Crippen LogP contribution in [-0.2, 0) is 6.54 Å². The monoisotopic (exact) mass is 338 g/mol. The molecule has 0 spiro atoms. The molecule has 1 saturated heterocycles. The lowest BCUT2D eigenvalue weighted by molar-refractivity contribution is -0.0893. The van der Waals surface area contributed by atoms with E-state index in [1.807, 2.05) is 62.4 Å². The zero-order chi connectivity index (χ0) is 17.4. The van der Waals surface area contributed by atoms with Gasteiger partial charge in [-0.1, -0.05) is 42.5 Å². The summed E-state index contributed by atoms with van der Waals surface area (Å²) in [5.74, 6) is 1.47. The Kier molecular flexibility index (Phi) is 3.79. The lowest BCUT2D eigenvalue weighted by Gasteiger charge is -2.51. The van der Waals surface area contributed by atoms with Gasteiger partial charge in [-0.15, -0.1) is 0 Å². The molecule has 2 amide bonds. The molecule has 2 aliphatic rings. The van der Waals surface area contributed by atoms with Crippen molar-refractivity contribution < 1.29 is 14.3 Å². The summed E-state index contributed by atoms with van der Waals surface area (Å²) in [6, 6.07) is 15.7. The van der Waals surface area contributed by atoms with Crippen LogP contribution in [0, 0.1) is 0 Å². The number of carbonyl (C=O) groups excluding carboxylic acids is 1. The molecule has 1 fully saturated rings. The second-order valence-corrected chi connectivity index (χ2v) is 6.66. The van der Waals surface area contributed by atoms with Crippen LogP contribution in [0.3, 0.4) is 0 Å². The molecule has 0 unspecified atom stereocenters. The van der Waals surface area contributed by atoms with Crippen LogP contribution in [0.4, 0.5) is 4.79 Å². The lowest BCUT2D eigenvalue weighted by Crippen LogP contribution is -2.64. The fourth-order valence-corrected chi connectivity index (χ4v) is 3.68. The van der Waals surface area contributed by atoms with E-state index in [-0.39, 0.29) is 12.1 Å². The summed E-state index contributed by atoms with van der Waals surface area (Å²) in [7, 11) is 0. The summed E-state index contributed by atoms with van der Waals surface area (Å²) in [6.45, 7) is 5.00. The van der Waals surface area contributed by atoms with E-state index in [4.69, 9.17) is 9.47 Å². The Morgan fingerprint density at radius 3 is 2.80 bits per heavy atom. The van der Waals surface area contributed by atoms with Gasteiger partial charge in [-0.2, -0.15) is 0 Å². The van der Waals surface area contributed by atoms with Crippen molar-refractivity contribution in [1.82, 2.24) is 10.2 Å². The van der Waals surface area contributed by atoms with E-state index in [1.165, 1.54) is 0 Å². The molecule has 25 heavy (non-hydrogen) atoms. The second-order valence-electron chi connectivity index (χ2n) is 6.66. The second kappa shape index (κ2) is 5.99. The van der Waals surface area contributed by atoms with Crippen molar-refractivity contribution in [2.75, 3.05) is 6.61 Å². The first-order valence-electron chi connectivity index (χ1n) is 8.67. The van der Waals surface area contributed by atoms with Gasteiger partial charge in [0.1, 0.15) is 0 Å². The van der Waals surface area contributed by atoms with E-state index in [0.29, 0.717) is 19.6 Å². The smallest absolute Gasteiger partial charge is 0.321 e. The van der Waals surface area contributed by atoms with Gasteiger partial charge in [-0.25, -0.2) is 4.79 Å². The number of hydrogen-bond acceptors (Lipinski definition) is 3. The first-order chi connectivity index (χ1) is 12.1. The van der Waals surface area contributed by atoms with Crippen LogP contribution < -0.4 is 14.8 Å². The Bertz CT molecular complexity index is 793. The Balaban J connectivity index is 1.71. The largest absolute Gasteiger partial charge is 0.490 e. The maximum absolute atomic E-state index is 12.7. The number of hydrogen-bond donors (Lipinski definition) is 1. The molecule has 2 aliphatic heterocycles. The Morgan fingerprint density at radius 1 is 1.24 bits per heavy atom. The SMILES string of the molecule is CCOc1cccc2c1O[C@]1(C)C[C@H]2NC(=O)N1Cc1ccccc1. The van der Waals surface area contributed by atoms with Crippen molar-refractivity contribution in [2.24, 2.45) is 0 Å². The molecule has 2 aromatic rings. The number of benzene rings is 2. The first-order valence-corrected chi connectivity index (χ1v) is 8.67. The van der Waals surface area contributed by atoms with Crippen molar-refractivity contribution in [3.05, 3.63) is 59.7 Å². The standard InChI is InChI=1S/C20H22N2O3/c1-3-24-17-11-7-10-15-16-12-20(2,25-18(15)17)22(19(23)21-16)13-14-8-5-4-6-9-14/h4-11,16H,3,12-13H2,1-2H3,(H,21,23)/t16-,20-/m1/s1. The maximum Gasteiger partial charge on any atom is 0.321 e. The topological polar surface area (TPSA) is 50.8 Å². The van der Waals surface area contributed by atoms with Crippen LogP contribution >= 0.6 is 0 Å². The summed E-state index contributed by atoms with van der Waals surface area (Å²) in [6.07, 6.45) is 0.703. The van der Waals surface area contributed by atoms with Crippen molar-refractivity contribution in [2.45, 2.75) is 38.6 Å². The Labute approximate surface area is 147 Å². The van der Waals surface area contributed by atoms with Crippen LogP contribution in [0.5, 0.6) is 11.5 Å². The highest BCUT2D eigenvalue weighted by Gasteiger charge is 2.49. The van der Waals surface area contributed by atoms with E-state index in [2.05, 4.69) is 5.32 Å².